The summed E-state index contributed by atoms with van der Waals surface area (Å²) >= 11 is 0. The number of benzene rings is 2. The van der Waals surface area contributed by atoms with Gasteiger partial charge in [-0.1, -0.05) is 127 Å². The fourth-order valence-corrected chi connectivity index (χ4v) is 5.10. The van der Waals surface area contributed by atoms with Crippen LogP contribution in [0.1, 0.15) is 126 Å². The third-order valence-electron chi connectivity index (χ3n) is 7.34. The first kappa shape index (κ1) is 30.9. The van der Waals surface area contributed by atoms with E-state index in [0.29, 0.717) is 0 Å². The minimum absolute atomic E-state index is 0.827. The Bertz CT molecular complexity index is 820. The SMILES string of the molecule is C=CCc1cc(CCCCCCCCC)ccc1Oc1ccc(CCCCCCCCC)cc1CC=C. The molecule has 0 bridgehead atoms. The van der Waals surface area contributed by atoms with E-state index in [4.69, 9.17) is 4.74 Å². The average molecular weight is 503 g/mol. The molecule has 0 aromatic heterocycles. The Morgan fingerprint density at radius 3 is 1.30 bits per heavy atom. The van der Waals surface area contributed by atoms with Gasteiger partial charge in [-0.05, 0) is 72.9 Å². The molecule has 0 N–H and O–H groups in total. The zero-order valence-electron chi connectivity index (χ0n) is 24.2. The largest absolute Gasteiger partial charge is 0.457 e. The van der Waals surface area contributed by atoms with E-state index in [0.717, 1.165) is 37.2 Å². The molecule has 2 aromatic rings. The quantitative estimate of drug-likeness (QED) is 0.115. The van der Waals surface area contributed by atoms with Crippen LogP contribution in [0, 0.1) is 0 Å². The summed E-state index contributed by atoms with van der Waals surface area (Å²) in [6, 6.07) is 13.5. The summed E-state index contributed by atoms with van der Waals surface area (Å²) < 4.78 is 6.52. The minimum Gasteiger partial charge on any atom is -0.457 e. The molecule has 0 fully saturated rings. The number of unbranched alkanes of at least 4 members (excludes halogenated alkanes) is 12. The van der Waals surface area contributed by atoms with Crippen LogP contribution in [-0.2, 0) is 25.7 Å². The summed E-state index contributed by atoms with van der Waals surface area (Å²) in [7, 11) is 0. The number of hydrogen-bond donors (Lipinski definition) is 0. The van der Waals surface area contributed by atoms with Gasteiger partial charge in [0.15, 0.2) is 0 Å². The maximum Gasteiger partial charge on any atom is 0.130 e. The molecule has 0 heterocycles. The second-order valence-corrected chi connectivity index (χ2v) is 10.7. The molecule has 37 heavy (non-hydrogen) atoms. The van der Waals surface area contributed by atoms with Gasteiger partial charge in [-0.2, -0.15) is 0 Å². The van der Waals surface area contributed by atoms with Crippen LogP contribution in [0.3, 0.4) is 0 Å². The van der Waals surface area contributed by atoms with Gasteiger partial charge in [0, 0.05) is 0 Å². The lowest BCUT2D eigenvalue weighted by atomic mass is 10.00. The van der Waals surface area contributed by atoms with Crippen molar-refractivity contribution in [3.8, 4) is 11.5 Å². The third-order valence-corrected chi connectivity index (χ3v) is 7.34. The molecule has 0 saturated heterocycles. The predicted octanol–water partition coefficient (Wildman–Crippen LogP) is 11.5. The van der Waals surface area contributed by atoms with E-state index >= 15 is 0 Å². The van der Waals surface area contributed by atoms with E-state index in [1.807, 2.05) is 12.2 Å². The summed E-state index contributed by atoms with van der Waals surface area (Å²) in [6.45, 7) is 12.5. The van der Waals surface area contributed by atoms with Crippen LogP contribution in [0.25, 0.3) is 0 Å². The van der Waals surface area contributed by atoms with Crippen LogP contribution >= 0.6 is 0 Å². The monoisotopic (exact) mass is 502 g/mol. The highest BCUT2D eigenvalue weighted by Gasteiger charge is 2.10. The van der Waals surface area contributed by atoms with E-state index in [2.05, 4.69) is 63.4 Å². The molecule has 0 saturated carbocycles. The van der Waals surface area contributed by atoms with Crippen molar-refractivity contribution < 1.29 is 4.74 Å². The molecular weight excluding hydrogens is 448 g/mol. The van der Waals surface area contributed by atoms with Gasteiger partial charge in [0.25, 0.3) is 0 Å². The minimum atomic E-state index is 0.827. The van der Waals surface area contributed by atoms with Gasteiger partial charge < -0.3 is 4.74 Å². The summed E-state index contributed by atoms with van der Waals surface area (Å²) in [5, 5.41) is 0. The van der Waals surface area contributed by atoms with Crippen LogP contribution in [-0.4, -0.2) is 0 Å². The maximum atomic E-state index is 6.52. The van der Waals surface area contributed by atoms with Gasteiger partial charge in [-0.3, -0.25) is 0 Å². The highest BCUT2D eigenvalue weighted by molar-refractivity contribution is 5.45. The lowest BCUT2D eigenvalue weighted by Crippen LogP contribution is -1.98. The Hall–Kier alpha value is -2.28. The Morgan fingerprint density at radius 1 is 0.541 bits per heavy atom. The van der Waals surface area contributed by atoms with E-state index in [9.17, 15) is 0 Å². The van der Waals surface area contributed by atoms with Crippen LogP contribution in [0.4, 0.5) is 0 Å². The van der Waals surface area contributed by atoms with Crippen molar-refractivity contribution in [1.82, 2.24) is 0 Å². The van der Waals surface area contributed by atoms with E-state index in [1.165, 1.54) is 112 Å². The second-order valence-electron chi connectivity index (χ2n) is 10.7. The van der Waals surface area contributed by atoms with Crippen molar-refractivity contribution >= 4 is 0 Å². The zero-order valence-corrected chi connectivity index (χ0v) is 24.2. The lowest BCUT2D eigenvalue weighted by Gasteiger charge is -2.16. The fraction of sp³-hybridized carbons (Fsp3) is 0.556. The molecule has 1 heteroatoms. The summed E-state index contributed by atoms with van der Waals surface area (Å²) in [5.41, 5.74) is 5.28. The van der Waals surface area contributed by atoms with Crippen LogP contribution < -0.4 is 4.74 Å². The summed E-state index contributed by atoms with van der Waals surface area (Å²) in [4.78, 5) is 0. The third kappa shape index (κ3) is 12.7. The zero-order chi connectivity index (χ0) is 26.6. The number of aryl methyl sites for hydroxylation is 2. The highest BCUT2D eigenvalue weighted by Crippen LogP contribution is 2.31. The van der Waals surface area contributed by atoms with Gasteiger partial charge in [-0.25, -0.2) is 0 Å². The van der Waals surface area contributed by atoms with E-state index < -0.39 is 0 Å². The van der Waals surface area contributed by atoms with Gasteiger partial charge in [-0.15, -0.1) is 13.2 Å². The average Bonchev–Trinajstić information content (AvgIpc) is 2.90. The molecule has 0 aliphatic carbocycles. The molecule has 0 radical (unpaired) electrons. The first-order valence-corrected chi connectivity index (χ1v) is 15.3. The molecule has 1 nitrogen and oxygen atoms in total. The molecule has 0 spiro atoms. The Kier molecular flexibility index (Phi) is 16.5. The van der Waals surface area contributed by atoms with Crippen molar-refractivity contribution in [3.05, 3.63) is 84.0 Å². The van der Waals surface area contributed by atoms with Gasteiger partial charge >= 0.3 is 0 Å². The van der Waals surface area contributed by atoms with Crippen molar-refractivity contribution in [3.63, 3.8) is 0 Å². The van der Waals surface area contributed by atoms with Gasteiger partial charge in [0.2, 0.25) is 0 Å². The predicted molar refractivity (Wildman–Crippen MR) is 164 cm³/mol. The number of rotatable bonds is 22. The number of hydrogen-bond acceptors (Lipinski definition) is 1. The molecule has 0 unspecified atom stereocenters. The van der Waals surface area contributed by atoms with Crippen LogP contribution in [0.15, 0.2) is 61.7 Å². The smallest absolute Gasteiger partial charge is 0.130 e. The highest BCUT2D eigenvalue weighted by atomic mass is 16.5. The van der Waals surface area contributed by atoms with Crippen molar-refractivity contribution in [2.75, 3.05) is 0 Å². The molecule has 0 aliphatic rings. The summed E-state index contributed by atoms with van der Waals surface area (Å²) in [5.74, 6) is 1.90. The topological polar surface area (TPSA) is 9.23 Å². The fourth-order valence-electron chi connectivity index (χ4n) is 5.10. The van der Waals surface area contributed by atoms with Crippen molar-refractivity contribution in [2.24, 2.45) is 0 Å². The molecular formula is C36H54O. The van der Waals surface area contributed by atoms with Crippen LogP contribution in [0.5, 0.6) is 11.5 Å². The molecule has 0 atom stereocenters. The standard InChI is InChI=1S/C36H54O/c1-5-9-11-13-15-17-19-23-31-25-27-35(33(29-31)21-7-3)37-36-28-26-32(30-34(36)22-8-4)24-20-18-16-14-12-10-6-2/h7-8,25-30H,3-6,9-24H2,1-2H3. The van der Waals surface area contributed by atoms with Gasteiger partial charge in [0.05, 0.1) is 0 Å². The molecule has 2 rings (SSSR count). The normalized spacial score (nSPS) is 11.0. The summed E-state index contributed by atoms with van der Waals surface area (Å²) in [6.07, 6.45) is 26.8. The molecule has 204 valence electrons. The lowest BCUT2D eigenvalue weighted by molar-refractivity contribution is 0.472. The first-order valence-electron chi connectivity index (χ1n) is 15.3. The number of allylic oxidation sites excluding steroid dienone is 2. The molecule has 0 aliphatic heterocycles. The Labute approximate surface area is 229 Å². The van der Waals surface area contributed by atoms with Crippen molar-refractivity contribution in [1.29, 1.82) is 0 Å². The van der Waals surface area contributed by atoms with E-state index in [-0.39, 0.29) is 0 Å². The first-order chi connectivity index (χ1) is 18.2. The Balaban J connectivity index is 1.96. The van der Waals surface area contributed by atoms with Gasteiger partial charge in [0.1, 0.15) is 11.5 Å². The van der Waals surface area contributed by atoms with Crippen LogP contribution in [0.2, 0.25) is 0 Å². The molecule has 2 aromatic carbocycles. The van der Waals surface area contributed by atoms with Crippen molar-refractivity contribution in [2.45, 2.75) is 129 Å². The second kappa shape index (κ2) is 19.8. The van der Waals surface area contributed by atoms with E-state index in [1.54, 1.807) is 0 Å². The number of ether oxygens (including phenoxy) is 1. The Morgan fingerprint density at radius 2 is 0.919 bits per heavy atom. The molecule has 0 amide bonds. The maximum absolute atomic E-state index is 6.52.